The summed E-state index contributed by atoms with van der Waals surface area (Å²) in [6, 6.07) is 10.5. The Kier molecular flexibility index (Phi) is 3.72. The van der Waals surface area contributed by atoms with Crippen LogP contribution < -0.4 is 0 Å². The lowest BCUT2D eigenvalue weighted by atomic mass is 9.90. The van der Waals surface area contributed by atoms with Gasteiger partial charge in [-0.15, -0.1) is 0 Å². The molecule has 21 heavy (non-hydrogen) atoms. The van der Waals surface area contributed by atoms with E-state index in [2.05, 4.69) is 30.9 Å². The van der Waals surface area contributed by atoms with Gasteiger partial charge in [-0.3, -0.25) is 9.69 Å². The quantitative estimate of drug-likeness (QED) is 0.935. The van der Waals surface area contributed by atoms with Crippen molar-refractivity contribution in [3.05, 3.63) is 36.1 Å². The molecule has 1 fully saturated rings. The number of hydrogen-bond donors (Lipinski definition) is 1. The number of piperidine rings is 1. The third-order valence-corrected chi connectivity index (χ3v) is 4.63. The Morgan fingerprint density at radius 3 is 2.86 bits per heavy atom. The highest BCUT2D eigenvalue weighted by molar-refractivity contribution is 5.77. The van der Waals surface area contributed by atoms with Crippen LogP contribution in [0.1, 0.15) is 38.5 Å². The van der Waals surface area contributed by atoms with Crippen molar-refractivity contribution in [3.8, 4) is 0 Å². The van der Waals surface area contributed by atoms with E-state index in [4.69, 9.17) is 9.52 Å². The molecule has 1 N–H and O–H groups in total. The molecule has 0 aliphatic carbocycles. The zero-order valence-corrected chi connectivity index (χ0v) is 12.5. The first kappa shape index (κ1) is 14.1. The molecular formula is C17H21NO3. The minimum absolute atomic E-state index is 0.169. The molecule has 3 atom stereocenters. The maximum absolute atomic E-state index is 11.1. The number of carbonyl (C=O) groups is 1. The van der Waals surface area contributed by atoms with Crippen LogP contribution in [0.5, 0.6) is 0 Å². The van der Waals surface area contributed by atoms with Crippen LogP contribution in [0.4, 0.5) is 0 Å². The SMILES string of the molecule is CC1CC(C(=O)O)CCN1C(C)c1cc2ccccc2o1. The van der Waals surface area contributed by atoms with Gasteiger partial charge in [0, 0.05) is 11.4 Å². The molecule has 2 heterocycles. The first-order chi connectivity index (χ1) is 10.1. The first-order valence-electron chi connectivity index (χ1n) is 7.53. The van der Waals surface area contributed by atoms with E-state index in [-0.39, 0.29) is 18.0 Å². The number of rotatable bonds is 3. The van der Waals surface area contributed by atoms with Crippen LogP contribution in [-0.4, -0.2) is 28.6 Å². The number of fused-ring (bicyclic) bond motifs is 1. The van der Waals surface area contributed by atoms with Crippen molar-refractivity contribution in [2.75, 3.05) is 6.54 Å². The van der Waals surface area contributed by atoms with Crippen LogP contribution in [-0.2, 0) is 4.79 Å². The minimum Gasteiger partial charge on any atom is -0.481 e. The molecule has 0 spiro atoms. The van der Waals surface area contributed by atoms with E-state index in [0.29, 0.717) is 12.8 Å². The maximum atomic E-state index is 11.1. The zero-order valence-electron chi connectivity index (χ0n) is 12.5. The Morgan fingerprint density at radius 1 is 1.43 bits per heavy atom. The molecule has 1 aromatic heterocycles. The molecule has 1 aromatic carbocycles. The van der Waals surface area contributed by atoms with E-state index in [1.165, 1.54) is 0 Å². The van der Waals surface area contributed by atoms with Gasteiger partial charge < -0.3 is 9.52 Å². The normalized spacial score (nSPS) is 25.0. The Labute approximate surface area is 124 Å². The lowest BCUT2D eigenvalue weighted by molar-refractivity contribution is -0.144. The third kappa shape index (κ3) is 2.68. The Hall–Kier alpha value is -1.81. The van der Waals surface area contributed by atoms with E-state index >= 15 is 0 Å². The minimum atomic E-state index is -0.669. The second-order valence-corrected chi connectivity index (χ2v) is 6.01. The summed E-state index contributed by atoms with van der Waals surface area (Å²) in [5, 5.41) is 10.3. The Balaban J connectivity index is 1.78. The molecule has 2 aromatic rings. The predicted octanol–water partition coefficient (Wildman–Crippen LogP) is 3.68. The van der Waals surface area contributed by atoms with Gasteiger partial charge in [0.25, 0.3) is 0 Å². The summed E-state index contributed by atoms with van der Waals surface area (Å²) in [7, 11) is 0. The van der Waals surface area contributed by atoms with Gasteiger partial charge in [0.2, 0.25) is 0 Å². The van der Waals surface area contributed by atoms with Gasteiger partial charge in [0.1, 0.15) is 11.3 Å². The fourth-order valence-corrected chi connectivity index (χ4v) is 3.36. The molecular weight excluding hydrogens is 266 g/mol. The van der Waals surface area contributed by atoms with Crippen molar-refractivity contribution in [1.29, 1.82) is 0 Å². The summed E-state index contributed by atoms with van der Waals surface area (Å²) >= 11 is 0. The van der Waals surface area contributed by atoms with Gasteiger partial charge >= 0.3 is 5.97 Å². The number of carboxylic acid groups (broad SMARTS) is 1. The van der Waals surface area contributed by atoms with E-state index in [9.17, 15) is 4.79 Å². The van der Waals surface area contributed by atoms with Gasteiger partial charge in [-0.1, -0.05) is 18.2 Å². The molecule has 0 saturated carbocycles. The highest BCUT2D eigenvalue weighted by Gasteiger charge is 2.33. The van der Waals surface area contributed by atoms with Crippen LogP contribution in [0.25, 0.3) is 11.0 Å². The monoisotopic (exact) mass is 287 g/mol. The van der Waals surface area contributed by atoms with Crippen molar-refractivity contribution < 1.29 is 14.3 Å². The molecule has 3 unspecified atom stereocenters. The summed E-state index contributed by atoms with van der Waals surface area (Å²) in [6.07, 6.45) is 1.42. The average molecular weight is 287 g/mol. The second-order valence-electron chi connectivity index (χ2n) is 6.01. The van der Waals surface area contributed by atoms with Crippen molar-refractivity contribution in [2.45, 2.75) is 38.8 Å². The number of carboxylic acids is 1. The van der Waals surface area contributed by atoms with Crippen molar-refractivity contribution >= 4 is 16.9 Å². The van der Waals surface area contributed by atoms with E-state index in [1.54, 1.807) is 0 Å². The Morgan fingerprint density at radius 2 is 2.19 bits per heavy atom. The number of furan rings is 1. The molecule has 1 aliphatic rings. The fourth-order valence-electron chi connectivity index (χ4n) is 3.36. The summed E-state index contributed by atoms with van der Waals surface area (Å²) in [6.45, 7) is 5.04. The van der Waals surface area contributed by atoms with Gasteiger partial charge in [0.05, 0.1) is 12.0 Å². The number of aliphatic carboxylic acids is 1. The van der Waals surface area contributed by atoms with Gasteiger partial charge in [-0.05, 0) is 45.4 Å². The van der Waals surface area contributed by atoms with Gasteiger partial charge in [0.15, 0.2) is 0 Å². The molecule has 0 bridgehead atoms. The lowest BCUT2D eigenvalue weighted by Gasteiger charge is -2.39. The lowest BCUT2D eigenvalue weighted by Crippen LogP contribution is -2.43. The zero-order chi connectivity index (χ0) is 15.0. The number of para-hydroxylation sites is 1. The van der Waals surface area contributed by atoms with Crippen LogP contribution >= 0.6 is 0 Å². The van der Waals surface area contributed by atoms with Crippen molar-refractivity contribution in [2.24, 2.45) is 5.92 Å². The summed E-state index contributed by atoms with van der Waals surface area (Å²) < 4.78 is 5.95. The van der Waals surface area contributed by atoms with E-state index in [0.717, 1.165) is 23.3 Å². The third-order valence-electron chi connectivity index (χ3n) is 4.63. The highest BCUT2D eigenvalue weighted by atomic mass is 16.4. The molecule has 112 valence electrons. The van der Waals surface area contributed by atoms with Crippen LogP contribution in [0.3, 0.4) is 0 Å². The van der Waals surface area contributed by atoms with Crippen LogP contribution in [0, 0.1) is 5.92 Å². The van der Waals surface area contributed by atoms with Crippen molar-refractivity contribution in [1.82, 2.24) is 4.90 Å². The van der Waals surface area contributed by atoms with Crippen LogP contribution in [0.15, 0.2) is 34.7 Å². The molecule has 4 nitrogen and oxygen atoms in total. The van der Waals surface area contributed by atoms with Crippen LogP contribution in [0.2, 0.25) is 0 Å². The summed E-state index contributed by atoms with van der Waals surface area (Å²) in [5.74, 6) is 0.0776. The second kappa shape index (κ2) is 5.53. The fraction of sp³-hybridized carbons (Fsp3) is 0.471. The standard InChI is InChI=1S/C17H21NO3/c1-11-9-14(17(19)20)7-8-18(11)12(2)16-10-13-5-3-4-6-15(13)21-16/h3-6,10-12,14H,7-9H2,1-2H3,(H,19,20). The number of hydrogen-bond acceptors (Lipinski definition) is 3. The first-order valence-corrected chi connectivity index (χ1v) is 7.53. The highest BCUT2D eigenvalue weighted by Crippen LogP contribution is 2.33. The van der Waals surface area contributed by atoms with E-state index < -0.39 is 5.97 Å². The molecule has 0 radical (unpaired) electrons. The maximum Gasteiger partial charge on any atom is 0.306 e. The smallest absolute Gasteiger partial charge is 0.306 e. The van der Waals surface area contributed by atoms with E-state index in [1.807, 2.05) is 18.2 Å². The number of likely N-dealkylation sites (tertiary alicyclic amines) is 1. The van der Waals surface area contributed by atoms with Crippen molar-refractivity contribution in [3.63, 3.8) is 0 Å². The number of nitrogens with zero attached hydrogens (tertiary/aromatic N) is 1. The van der Waals surface area contributed by atoms with Gasteiger partial charge in [-0.2, -0.15) is 0 Å². The summed E-state index contributed by atoms with van der Waals surface area (Å²) in [4.78, 5) is 13.5. The largest absolute Gasteiger partial charge is 0.481 e. The number of benzene rings is 1. The molecule has 1 aliphatic heterocycles. The molecule has 0 amide bonds. The van der Waals surface area contributed by atoms with Gasteiger partial charge in [-0.25, -0.2) is 0 Å². The molecule has 3 rings (SSSR count). The predicted molar refractivity (Wildman–Crippen MR) is 81.2 cm³/mol. The average Bonchev–Trinajstić information content (AvgIpc) is 2.90. The molecule has 4 heteroatoms. The topological polar surface area (TPSA) is 53.7 Å². The summed E-state index contributed by atoms with van der Waals surface area (Å²) in [5.41, 5.74) is 0.910. The molecule has 1 saturated heterocycles. The Bertz CT molecular complexity index is 615.